The van der Waals surface area contributed by atoms with Crippen LogP contribution < -0.4 is 0 Å². The van der Waals surface area contributed by atoms with E-state index in [0.29, 0.717) is 5.56 Å². The Balaban J connectivity index is 1.58. The highest BCUT2D eigenvalue weighted by molar-refractivity contribution is 8.18. The Morgan fingerprint density at radius 3 is 2.54 bits per heavy atom. The van der Waals surface area contributed by atoms with E-state index in [0.717, 1.165) is 28.1 Å². The number of carbonyl (C=O) groups is 2. The van der Waals surface area contributed by atoms with Crippen LogP contribution in [0.1, 0.15) is 11.1 Å². The molecule has 3 aromatic rings. The van der Waals surface area contributed by atoms with Crippen molar-refractivity contribution in [3.8, 4) is 0 Å². The van der Waals surface area contributed by atoms with Crippen molar-refractivity contribution in [3.05, 3.63) is 92.9 Å². The van der Waals surface area contributed by atoms with Crippen LogP contribution in [0.25, 0.3) is 16.8 Å². The summed E-state index contributed by atoms with van der Waals surface area (Å²) in [5.74, 6) is -0.394. The van der Waals surface area contributed by atoms with Crippen molar-refractivity contribution in [1.82, 2.24) is 4.90 Å². The molecule has 0 atom stereocenters. The minimum absolute atomic E-state index is 0.0656. The number of benzene rings is 3. The summed E-state index contributed by atoms with van der Waals surface area (Å²) in [6.45, 7) is 0.182. The summed E-state index contributed by atoms with van der Waals surface area (Å²) < 4.78 is 0. The molecular weight excluding hydrogens is 376 g/mol. The molecule has 0 radical (unpaired) electrons. The molecule has 1 aliphatic rings. The number of imide groups is 1. The summed E-state index contributed by atoms with van der Waals surface area (Å²) >= 11 is 0.842. The predicted octanol–water partition coefficient (Wildman–Crippen LogP) is 4.98. The fourth-order valence-electron chi connectivity index (χ4n) is 3.04. The lowest BCUT2D eigenvalue weighted by Crippen LogP contribution is -2.27. The lowest BCUT2D eigenvalue weighted by atomic mass is 10.1. The van der Waals surface area contributed by atoms with E-state index < -0.39 is 10.8 Å². The number of fused-ring (bicyclic) bond motifs is 1. The molecular formula is C21H14N2O4S. The van der Waals surface area contributed by atoms with Gasteiger partial charge in [-0.1, -0.05) is 48.5 Å². The smallest absolute Gasteiger partial charge is 0.268 e. The van der Waals surface area contributed by atoms with Crippen LogP contribution in [0.5, 0.6) is 0 Å². The molecule has 0 bridgehead atoms. The average Bonchev–Trinajstić information content (AvgIpc) is 2.95. The van der Waals surface area contributed by atoms with Gasteiger partial charge in [-0.3, -0.25) is 24.6 Å². The van der Waals surface area contributed by atoms with Crippen LogP contribution in [0, 0.1) is 10.1 Å². The van der Waals surface area contributed by atoms with Crippen LogP contribution in [0.4, 0.5) is 10.5 Å². The molecule has 1 aliphatic heterocycles. The SMILES string of the molecule is O=C1S/C(=C\c2cccc([N+](=O)[O-])c2)C(=O)N1Cc1ccc2ccccc2c1. The number of thioether (sulfide) groups is 1. The van der Waals surface area contributed by atoms with E-state index in [9.17, 15) is 19.7 Å². The van der Waals surface area contributed by atoms with E-state index in [1.165, 1.54) is 23.1 Å². The Kier molecular flexibility index (Phi) is 4.67. The van der Waals surface area contributed by atoms with Crippen LogP contribution in [-0.2, 0) is 11.3 Å². The summed E-state index contributed by atoms with van der Waals surface area (Å²) in [6, 6.07) is 19.6. The molecule has 0 spiro atoms. The van der Waals surface area contributed by atoms with Crippen molar-refractivity contribution in [2.75, 3.05) is 0 Å². The average molecular weight is 390 g/mol. The fraction of sp³-hybridized carbons (Fsp3) is 0.0476. The minimum Gasteiger partial charge on any atom is -0.268 e. The third kappa shape index (κ3) is 3.52. The molecule has 2 amide bonds. The first kappa shape index (κ1) is 17.9. The monoisotopic (exact) mass is 390 g/mol. The molecule has 1 heterocycles. The second-order valence-corrected chi connectivity index (χ2v) is 7.29. The maximum Gasteiger partial charge on any atom is 0.293 e. The van der Waals surface area contributed by atoms with Gasteiger partial charge in [-0.15, -0.1) is 0 Å². The zero-order chi connectivity index (χ0) is 19.7. The molecule has 0 N–H and O–H groups in total. The van der Waals surface area contributed by atoms with Crippen LogP contribution in [0.3, 0.4) is 0 Å². The summed E-state index contributed by atoms with van der Waals surface area (Å²) in [5, 5.41) is 12.7. The van der Waals surface area contributed by atoms with Crippen molar-refractivity contribution in [2.24, 2.45) is 0 Å². The largest absolute Gasteiger partial charge is 0.293 e. The Bertz CT molecular complexity index is 1160. The minimum atomic E-state index is -0.497. The molecule has 0 unspecified atom stereocenters. The highest BCUT2D eigenvalue weighted by Crippen LogP contribution is 2.34. The normalized spacial score (nSPS) is 15.6. The zero-order valence-corrected chi connectivity index (χ0v) is 15.4. The van der Waals surface area contributed by atoms with Gasteiger partial charge in [0.25, 0.3) is 16.8 Å². The van der Waals surface area contributed by atoms with Crippen molar-refractivity contribution >= 4 is 45.4 Å². The number of nitro groups is 1. The number of rotatable bonds is 4. The third-order valence-corrected chi connectivity index (χ3v) is 5.31. The van der Waals surface area contributed by atoms with Gasteiger partial charge in [0.05, 0.1) is 16.4 Å². The molecule has 28 heavy (non-hydrogen) atoms. The lowest BCUT2D eigenvalue weighted by Gasteiger charge is -2.13. The van der Waals surface area contributed by atoms with Gasteiger partial charge >= 0.3 is 0 Å². The molecule has 7 heteroatoms. The van der Waals surface area contributed by atoms with Crippen LogP contribution in [0.2, 0.25) is 0 Å². The van der Waals surface area contributed by atoms with Gasteiger partial charge in [0.1, 0.15) is 0 Å². The number of amides is 2. The van der Waals surface area contributed by atoms with E-state index >= 15 is 0 Å². The van der Waals surface area contributed by atoms with E-state index in [1.54, 1.807) is 12.1 Å². The lowest BCUT2D eigenvalue weighted by molar-refractivity contribution is -0.384. The topological polar surface area (TPSA) is 80.5 Å². The summed E-state index contributed by atoms with van der Waals surface area (Å²) in [4.78, 5) is 36.9. The van der Waals surface area contributed by atoms with Gasteiger partial charge in [-0.2, -0.15) is 0 Å². The fourth-order valence-corrected chi connectivity index (χ4v) is 3.87. The van der Waals surface area contributed by atoms with Crippen LogP contribution in [0.15, 0.2) is 71.6 Å². The molecule has 0 saturated carbocycles. The second kappa shape index (κ2) is 7.28. The summed E-state index contributed by atoms with van der Waals surface area (Å²) in [6.07, 6.45) is 1.51. The van der Waals surface area contributed by atoms with Gasteiger partial charge in [0.2, 0.25) is 0 Å². The molecule has 0 aromatic heterocycles. The standard InChI is InChI=1S/C21H14N2O4S/c24-20-19(12-14-4-3-7-18(11-14)23(26)27)28-21(25)22(20)13-15-8-9-16-5-1-2-6-17(16)10-15/h1-12H,13H2/b19-12-. The Morgan fingerprint density at radius 2 is 1.75 bits per heavy atom. The van der Waals surface area contributed by atoms with Gasteiger partial charge in [-0.05, 0) is 45.8 Å². The number of hydrogen-bond acceptors (Lipinski definition) is 5. The zero-order valence-electron chi connectivity index (χ0n) is 14.6. The van der Waals surface area contributed by atoms with Gasteiger partial charge in [-0.25, -0.2) is 0 Å². The van der Waals surface area contributed by atoms with E-state index in [4.69, 9.17) is 0 Å². The number of non-ortho nitro benzene ring substituents is 1. The molecule has 138 valence electrons. The Labute approximate surface area is 164 Å². The molecule has 3 aromatic carbocycles. The van der Waals surface area contributed by atoms with E-state index in [2.05, 4.69) is 0 Å². The number of carbonyl (C=O) groups excluding carboxylic acids is 2. The van der Waals surface area contributed by atoms with Crippen molar-refractivity contribution in [3.63, 3.8) is 0 Å². The molecule has 1 saturated heterocycles. The molecule has 4 rings (SSSR count). The number of nitrogens with zero attached hydrogens (tertiary/aromatic N) is 2. The predicted molar refractivity (Wildman–Crippen MR) is 109 cm³/mol. The highest BCUT2D eigenvalue weighted by Gasteiger charge is 2.35. The first-order chi connectivity index (χ1) is 13.5. The maximum absolute atomic E-state index is 12.7. The first-order valence-electron chi connectivity index (χ1n) is 8.49. The molecule has 6 nitrogen and oxygen atoms in total. The van der Waals surface area contributed by atoms with Gasteiger partial charge < -0.3 is 0 Å². The quantitative estimate of drug-likeness (QED) is 0.356. The molecule has 0 aliphatic carbocycles. The molecule has 1 fully saturated rings. The summed E-state index contributed by atoms with van der Waals surface area (Å²) in [7, 11) is 0. The maximum atomic E-state index is 12.7. The van der Waals surface area contributed by atoms with Crippen LogP contribution in [-0.4, -0.2) is 21.0 Å². The van der Waals surface area contributed by atoms with E-state index in [1.807, 2.05) is 42.5 Å². The second-order valence-electron chi connectivity index (χ2n) is 6.30. The summed E-state index contributed by atoms with van der Waals surface area (Å²) in [5.41, 5.74) is 1.30. The van der Waals surface area contributed by atoms with Crippen molar-refractivity contribution in [1.29, 1.82) is 0 Å². The highest BCUT2D eigenvalue weighted by atomic mass is 32.2. The third-order valence-electron chi connectivity index (χ3n) is 4.41. The van der Waals surface area contributed by atoms with Crippen molar-refractivity contribution in [2.45, 2.75) is 6.54 Å². The van der Waals surface area contributed by atoms with E-state index in [-0.39, 0.29) is 22.4 Å². The first-order valence-corrected chi connectivity index (χ1v) is 9.30. The van der Waals surface area contributed by atoms with Crippen molar-refractivity contribution < 1.29 is 14.5 Å². The number of hydrogen-bond donors (Lipinski definition) is 0. The van der Waals surface area contributed by atoms with Gasteiger partial charge in [0, 0.05) is 12.1 Å². The Hall–Kier alpha value is -3.45. The Morgan fingerprint density at radius 1 is 0.964 bits per heavy atom. The van der Waals surface area contributed by atoms with Gasteiger partial charge in [0.15, 0.2) is 0 Å². The number of nitro benzene ring substituents is 1. The van der Waals surface area contributed by atoms with Crippen LogP contribution >= 0.6 is 11.8 Å².